The summed E-state index contributed by atoms with van der Waals surface area (Å²) in [6.45, 7) is 0.274. The maximum absolute atomic E-state index is 13.5. The van der Waals surface area contributed by atoms with Crippen LogP contribution in [0.3, 0.4) is 0 Å². The van der Waals surface area contributed by atoms with E-state index < -0.39 is 5.60 Å². The Labute approximate surface area is 140 Å². The van der Waals surface area contributed by atoms with Crippen molar-refractivity contribution in [2.24, 2.45) is 0 Å². The molecule has 1 aliphatic heterocycles. The third kappa shape index (κ3) is 4.18. The van der Waals surface area contributed by atoms with Crippen LogP contribution in [-0.2, 0) is 0 Å². The molecule has 4 nitrogen and oxygen atoms in total. The number of fused-ring (bicyclic) bond motifs is 1. The Morgan fingerprint density at radius 3 is 2.91 bits per heavy atom. The molecule has 1 aromatic rings. The number of hydrogen-bond acceptors (Lipinski definition) is 3. The first-order valence-electron chi connectivity index (χ1n) is 8.25. The molecule has 1 heterocycles. The van der Waals surface area contributed by atoms with E-state index in [1.165, 1.54) is 12.1 Å². The van der Waals surface area contributed by atoms with Crippen molar-refractivity contribution in [3.05, 3.63) is 29.6 Å². The van der Waals surface area contributed by atoms with Crippen LogP contribution >= 0.6 is 11.8 Å². The molecule has 1 fully saturated rings. The van der Waals surface area contributed by atoms with Gasteiger partial charge in [0.25, 0.3) is 0 Å². The molecule has 1 aromatic carbocycles. The molecule has 23 heavy (non-hydrogen) atoms. The van der Waals surface area contributed by atoms with Gasteiger partial charge < -0.3 is 15.7 Å². The van der Waals surface area contributed by atoms with Crippen molar-refractivity contribution in [3.63, 3.8) is 0 Å². The number of benzene rings is 1. The van der Waals surface area contributed by atoms with E-state index in [0.29, 0.717) is 0 Å². The number of nitrogens with one attached hydrogen (secondary N) is 2. The lowest BCUT2D eigenvalue weighted by atomic mass is 9.85. The van der Waals surface area contributed by atoms with Crippen LogP contribution in [0.1, 0.15) is 50.1 Å². The number of aliphatic hydroxyl groups is 1. The van der Waals surface area contributed by atoms with E-state index in [2.05, 4.69) is 10.6 Å². The summed E-state index contributed by atoms with van der Waals surface area (Å²) in [7, 11) is 0. The molecule has 3 rings (SSSR count). The molecule has 2 aliphatic rings. The highest BCUT2D eigenvalue weighted by molar-refractivity contribution is 7.99. The molecule has 0 spiro atoms. The predicted octanol–water partition coefficient (Wildman–Crippen LogP) is 3.36. The maximum atomic E-state index is 13.5. The van der Waals surface area contributed by atoms with Crippen molar-refractivity contribution >= 4 is 17.8 Å². The number of rotatable bonds is 3. The highest BCUT2D eigenvalue weighted by atomic mass is 32.2. The standard InChI is InChI=1S/C17H23FN2O2S/c18-12-4-5-15-13(10-12)14(6-9-23-15)20-16(21)19-11-17(22)7-2-1-3-8-17/h4-5,10,14,22H,1-3,6-9,11H2,(H2,19,20,21). The average Bonchev–Trinajstić information content (AvgIpc) is 2.54. The highest BCUT2D eigenvalue weighted by Gasteiger charge is 2.30. The fourth-order valence-electron chi connectivity index (χ4n) is 3.36. The topological polar surface area (TPSA) is 61.4 Å². The van der Waals surface area contributed by atoms with Crippen LogP contribution in [0, 0.1) is 5.82 Å². The van der Waals surface area contributed by atoms with Crippen LogP contribution in [0.2, 0.25) is 0 Å². The number of amides is 2. The second-order valence-corrected chi connectivity index (χ2v) is 7.62. The fraction of sp³-hybridized carbons (Fsp3) is 0.588. The molecule has 1 atom stereocenters. The molecule has 0 bridgehead atoms. The first kappa shape index (κ1) is 16.6. The van der Waals surface area contributed by atoms with Crippen LogP contribution < -0.4 is 10.6 Å². The number of halogens is 1. The molecule has 0 aromatic heterocycles. The van der Waals surface area contributed by atoms with E-state index in [9.17, 15) is 14.3 Å². The molecule has 0 saturated heterocycles. The zero-order valence-electron chi connectivity index (χ0n) is 13.1. The van der Waals surface area contributed by atoms with Gasteiger partial charge in [0.2, 0.25) is 0 Å². The van der Waals surface area contributed by atoms with Gasteiger partial charge in [0.1, 0.15) is 5.82 Å². The van der Waals surface area contributed by atoms with Gasteiger partial charge in [-0.1, -0.05) is 19.3 Å². The van der Waals surface area contributed by atoms with Gasteiger partial charge in [-0.05, 0) is 43.0 Å². The lowest BCUT2D eigenvalue weighted by Crippen LogP contribution is -2.48. The molecule has 0 radical (unpaired) electrons. The minimum absolute atomic E-state index is 0.178. The number of urea groups is 1. The fourth-order valence-corrected chi connectivity index (χ4v) is 4.46. The summed E-state index contributed by atoms with van der Waals surface area (Å²) in [6.07, 6.45) is 5.41. The first-order chi connectivity index (χ1) is 11.1. The molecule has 1 aliphatic carbocycles. The number of carbonyl (C=O) groups excluding carboxylic acids is 1. The Balaban J connectivity index is 1.57. The molecular formula is C17H23FN2O2S. The largest absolute Gasteiger partial charge is 0.388 e. The minimum Gasteiger partial charge on any atom is -0.388 e. The zero-order valence-corrected chi connectivity index (χ0v) is 13.9. The SMILES string of the molecule is O=C(NCC1(O)CCCCC1)NC1CCSc2ccc(F)cc21. The summed E-state index contributed by atoms with van der Waals surface area (Å²) in [6, 6.07) is 4.25. The predicted molar refractivity (Wildman–Crippen MR) is 89.1 cm³/mol. The second kappa shape index (κ2) is 7.09. The average molecular weight is 338 g/mol. The van der Waals surface area contributed by atoms with E-state index in [1.807, 2.05) is 0 Å². The van der Waals surface area contributed by atoms with Crippen molar-refractivity contribution < 1.29 is 14.3 Å². The van der Waals surface area contributed by atoms with E-state index in [0.717, 1.165) is 54.7 Å². The van der Waals surface area contributed by atoms with E-state index in [1.54, 1.807) is 17.8 Å². The van der Waals surface area contributed by atoms with Crippen LogP contribution in [-0.4, -0.2) is 29.0 Å². The first-order valence-corrected chi connectivity index (χ1v) is 9.23. The Morgan fingerprint density at radius 2 is 2.13 bits per heavy atom. The molecule has 126 valence electrons. The van der Waals surface area contributed by atoms with Crippen molar-refractivity contribution in [1.29, 1.82) is 0 Å². The summed E-state index contributed by atoms with van der Waals surface area (Å²) < 4.78 is 13.5. The quantitative estimate of drug-likeness (QED) is 0.792. The zero-order chi connectivity index (χ0) is 16.3. The minimum atomic E-state index is -0.776. The third-order valence-corrected chi connectivity index (χ3v) is 5.80. The molecular weight excluding hydrogens is 315 g/mol. The number of carbonyl (C=O) groups is 1. The van der Waals surface area contributed by atoms with E-state index in [4.69, 9.17) is 0 Å². The maximum Gasteiger partial charge on any atom is 0.315 e. The lowest BCUT2D eigenvalue weighted by molar-refractivity contribution is 0.00712. The Morgan fingerprint density at radius 1 is 1.35 bits per heavy atom. The van der Waals surface area contributed by atoms with Gasteiger partial charge in [-0.2, -0.15) is 0 Å². The van der Waals surface area contributed by atoms with E-state index >= 15 is 0 Å². The van der Waals surface area contributed by atoms with Crippen molar-refractivity contribution in [2.75, 3.05) is 12.3 Å². The van der Waals surface area contributed by atoms with Gasteiger partial charge >= 0.3 is 6.03 Å². The molecule has 2 amide bonds. The Hall–Kier alpha value is -1.27. The monoisotopic (exact) mass is 338 g/mol. The van der Waals surface area contributed by atoms with Gasteiger partial charge in [0.05, 0.1) is 11.6 Å². The molecule has 1 saturated carbocycles. The summed E-state index contributed by atoms with van der Waals surface area (Å²) >= 11 is 1.69. The third-order valence-electron chi connectivity index (χ3n) is 4.68. The van der Waals surface area contributed by atoms with E-state index in [-0.39, 0.29) is 24.4 Å². The van der Waals surface area contributed by atoms with Crippen molar-refractivity contribution in [2.45, 2.75) is 55.1 Å². The Kier molecular flexibility index (Phi) is 5.11. The van der Waals surface area contributed by atoms with Crippen LogP contribution in [0.4, 0.5) is 9.18 Å². The highest BCUT2D eigenvalue weighted by Crippen LogP contribution is 2.36. The summed E-state index contributed by atoms with van der Waals surface area (Å²) in [4.78, 5) is 13.2. The van der Waals surface area contributed by atoms with Crippen LogP contribution in [0.5, 0.6) is 0 Å². The lowest BCUT2D eigenvalue weighted by Gasteiger charge is -2.32. The van der Waals surface area contributed by atoms with Gasteiger partial charge in [0.15, 0.2) is 0 Å². The summed E-state index contributed by atoms with van der Waals surface area (Å²) in [5.74, 6) is 0.614. The van der Waals surface area contributed by atoms with Crippen molar-refractivity contribution in [3.8, 4) is 0 Å². The van der Waals surface area contributed by atoms with Crippen LogP contribution in [0.15, 0.2) is 23.1 Å². The smallest absolute Gasteiger partial charge is 0.315 e. The van der Waals surface area contributed by atoms with Crippen molar-refractivity contribution in [1.82, 2.24) is 10.6 Å². The molecule has 3 N–H and O–H groups in total. The van der Waals surface area contributed by atoms with Gasteiger partial charge in [0, 0.05) is 17.2 Å². The van der Waals surface area contributed by atoms with Gasteiger partial charge in [-0.25, -0.2) is 9.18 Å². The molecule has 1 unspecified atom stereocenters. The van der Waals surface area contributed by atoms with Crippen LogP contribution in [0.25, 0.3) is 0 Å². The normalized spacial score (nSPS) is 23.0. The summed E-state index contributed by atoms with van der Waals surface area (Å²) in [5.41, 5.74) is 0.0648. The number of hydrogen-bond donors (Lipinski definition) is 3. The number of thioether (sulfide) groups is 1. The Bertz CT molecular complexity index is 576. The summed E-state index contributed by atoms with van der Waals surface area (Å²) in [5, 5.41) is 16.1. The molecule has 6 heteroatoms. The second-order valence-electron chi connectivity index (χ2n) is 6.48. The van der Waals surface area contributed by atoms with Gasteiger partial charge in [-0.15, -0.1) is 11.8 Å². The van der Waals surface area contributed by atoms with Gasteiger partial charge in [-0.3, -0.25) is 0 Å².